The highest BCUT2D eigenvalue weighted by molar-refractivity contribution is 5.85. The van der Waals surface area contributed by atoms with Gasteiger partial charge in [-0.2, -0.15) is 5.10 Å². The zero-order valence-electron chi connectivity index (χ0n) is 10.5. The van der Waals surface area contributed by atoms with Gasteiger partial charge in [-0.3, -0.25) is 4.79 Å². The smallest absolute Gasteiger partial charge is 0.321 e. The van der Waals surface area contributed by atoms with Crippen LogP contribution in [0.2, 0.25) is 0 Å². The number of carboxylic acids is 1. The molecule has 0 fully saturated rings. The van der Waals surface area contributed by atoms with Crippen LogP contribution >= 0.6 is 12.4 Å². The van der Waals surface area contributed by atoms with E-state index in [1.807, 2.05) is 36.5 Å². The second-order valence-electron chi connectivity index (χ2n) is 4.00. The van der Waals surface area contributed by atoms with Crippen molar-refractivity contribution in [3.05, 3.63) is 48.3 Å². The van der Waals surface area contributed by atoms with Gasteiger partial charge in [-0.15, -0.1) is 12.4 Å². The number of aromatic nitrogens is 2. The van der Waals surface area contributed by atoms with Gasteiger partial charge in [0.25, 0.3) is 0 Å². The number of hydrogen-bond donors (Lipinski definition) is 2. The maximum atomic E-state index is 10.9. The number of nitrogens with zero attached hydrogens (tertiary/aromatic N) is 2. The van der Waals surface area contributed by atoms with Crippen LogP contribution in [0, 0.1) is 0 Å². The first-order valence-corrected chi connectivity index (χ1v) is 5.69. The number of aliphatic carboxylic acids is 1. The third-order valence-corrected chi connectivity index (χ3v) is 2.79. The molecule has 2 N–H and O–H groups in total. The number of nitrogens with one attached hydrogen (secondary N) is 1. The SMILES string of the molecule is CN[C@@H](Cc1ccc(-n2cccn2)cc1)C(=O)O.Cl. The fraction of sp³-hybridized carbons (Fsp3) is 0.231. The van der Waals surface area contributed by atoms with Gasteiger partial charge in [0.1, 0.15) is 6.04 Å². The average molecular weight is 282 g/mol. The molecule has 1 aromatic carbocycles. The van der Waals surface area contributed by atoms with E-state index in [0.29, 0.717) is 6.42 Å². The van der Waals surface area contributed by atoms with Crippen LogP contribution in [0.15, 0.2) is 42.7 Å². The summed E-state index contributed by atoms with van der Waals surface area (Å²) in [4.78, 5) is 10.9. The largest absolute Gasteiger partial charge is 0.480 e. The highest BCUT2D eigenvalue weighted by atomic mass is 35.5. The van der Waals surface area contributed by atoms with Gasteiger partial charge >= 0.3 is 5.97 Å². The molecule has 0 aliphatic heterocycles. The molecule has 19 heavy (non-hydrogen) atoms. The van der Waals surface area contributed by atoms with Crippen LogP contribution < -0.4 is 5.32 Å². The molecule has 0 spiro atoms. The minimum absolute atomic E-state index is 0. The van der Waals surface area contributed by atoms with Gasteiger partial charge < -0.3 is 10.4 Å². The van der Waals surface area contributed by atoms with Crippen LogP contribution in [0.4, 0.5) is 0 Å². The Morgan fingerprint density at radius 2 is 2.11 bits per heavy atom. The Bertz CT molecular complexity index is 511. The van der Waals surface area contributed by atoms with Gasteiger partial charge in [-0.1, -0.05) is 12.1 Å². The molecule has 1 aromatic heterocycles. The van der Waals surface area contributed by atoms with Crippen molar-refractivity contribution in [2.45, 2.75) is 12.5 Å². The lowest BCUT2D eigenvalue weighted by Gasteiger charge is -2.11. The first-order valence-electron chi connectivity index (χ1n) is 5.69. The molecule has 0 saturated carbocycles. The van der Waals surface area contributed by atoms with Crippen molar-refractivity contribution in [1.29, 1.82) is 0 Å². The second kappa shape index (κ2) is 6.92. The molecule has 6 heteroatoms. The average Bonchev–Trinajstić information content (AvgIpc) is 2.90. The van der Waals surface area contributed by atoms with E-state index >= 15 is 0 Å². The van der Waals surface area contributed by atoms with Gasteiger partial charge in [0.15, 0.2) is 0 Å². The number of carbonyl (C=O) groups is 1. The van der Waals surface area contributed by atoms with Gasteiger partial charge in [0.2, 0.25) is 0 Å². The lowest BCUT2D eigenvalue weighted by molar-refractivity contribution is -0.139. The van der Waals surface area contributed by atoms with E-state index < -0.39 is 12.0 Å². The van der Waals surface area contributed by atoms with Crippen LogP contribution in [0.25, 0.3) is 5.69 Å². The van der Waals surface area contributed by atoms with Crippen LogP contribution in [-0.2, 0) is 11.2 Å². The Balaban J connectivity index is 0.00000180. The summed E-state index contributed by atoms with van der Waals surface area (Å²) in [5.41, 5.74) is 1.94. The third-order valence-electron chi connectivity index (χ3n) is 2.79. The topological polar surface area (TPSA) is 67.2 Å². The van der Waals surface area contributed by atoms with Gasteiger partial charge in [0.05, 0.1) is 5.69 Å². The monoisotopic (exact) mass is 281 g/mol. The van der Waals surface area contributed by atoms with Crippen molar-refractivity contribution >= 4 is 18.4 Å². The molecule has 0 saturated heterocycles. The Morgan fingerprint density at radius 3 is 2.58 bits per heavy atom. The first kappa shape index (κ1) is 15.2. The standard InChI is InChI=1S/C13H15N3O2.ClH/c1-14-12(13(17)18)9-10-3-5-11(6-4-10)16-8-2-7-15-16;/h2-8,12,14H,9H2,1H3,(H,17,18);1H/t12-;/m0./s1. The third kappa shape index (κ3) is 3.81. The molecule has 0 aliphatic carbocycles. The van der Waals surface area contributed by atoms with E-state index in [4.69, 9.17) is 5.11 Å². The number of carboxylic acid groups (broad SMARTS) is 1. The van der Waals surface area contributed by atoms with Crippen molar-refractivity contribution in [2.24, 2.45) is 0 Å². The molecule has 2 rings (SSSR count). The lowest BCUT2D eigenvalue weighted by atomic mass is 10.1. The normalized spacial score (nSPS) is 11.6. The predicted molar refractivity (Wildman–Crippen MR) is 75.0 cm³/mol. The zero-order valence-corrected chi connectivity index (χ0v) is 11.3. The number of benzene rings is 1. The van der Waals surface area contributed by atoms with Gasteiger partial charge in [0, 0.05) is 12.4 Å². The van der Waals surface area contributed by atoms with Crippen molar-refractivity contribution in [3.63, 3.8) is 0 Å². The predicted octanol–water partition coefficient (Wildman–Crippen LogP) is 1.51. The molecule has 0 radical (unpaired) electrons. The Kier molecular flexibility index (Phi) is 5.54. The fourth-order valence-electron chi connectivity index (χ4n) is 1.75. The summed E-state index contributed by atoms with van der Waals surface area (Å²) < 4.78 is 1.76. The molecule has 0 bridgehead atoms. The molecule has 0 unspecified atom stereocenters. The quantitative estimate of drug-likeness (QED) is 0.872. The van der Waals surface area contributed by atoms with Crippen LogP contribution in [0.3, 0.4) is 0 Å². The van der Waals surface area contributed by atoms with Crippen LogP contribution in [-0.4, -0.2) is 33.9 Å². The van der Waals surface area contributed by atoms with E-state index in [-0.39, 0.29) is 12.4 Å². The van der Waals surface area contributed by atoms with Crippen molar-refractivity contribution < 1.29 is 9.90 Å². The molecule has 1 heterocycles. The van der Waals surface area contributed by atoms with E-state index in [2.05, 4.69) is 10.4 Å². The van der Waals surface area contributed by atoms with Gasteiger partial charge in [-0.05, 0) is 37.2 Å². The fourth-order valence-corrected chi connectivity index (χ4v) is 1.75. The van der Waals surface area contributed by atoms with Crippen molar-refractivity contribution in [1.82, 2.24) is 15.1 Å². The summed E-state index contributed by atoms with van der Waals surface area (Å²) in [6, 6.07) is 9.00. The summed E-state index contributed by atoms with van der Waals surface area (Å²) in [5.74, 6) is -0.839. The first-order chi connectivity index (χ1) is 8.70. The van der Waals surface area contributed by atoms with Crippen molar-refractivity contribution in [2.75, 3.05) is 7.05 Å². The summed E-state index contributed by atoms with van der Waals surface area (Å²) in [6.45, 7) is 0. The highest BCUT2D eigenvalue weighted by Crippen LogP contribution is 2.10. The summed E-state index contributed by atoms with van der Waals surface area (Å²) in [5, 5.41) is 15.9. The molecule has 2 aromatic rings. The Hall–Kier alpha value is -1.85. The minimum Gasteiger partial charge on any atom is -0.480 e. The zero-order chi connectivity index (χ0) is 13.0. The molecule has 0 aliphatic rings. The summed E-state index contributed by atoms with van der Waals surface area (Å²) >= 11 is 0. The Morgan fingerprint density at radius 1 is 1.42 bits per heavy atom. The highest BCUT2D eigenvalue weighted by Gasteiger charge is 2.14. The lowest BCUT2D eigenvalue weighted by Crippen LogP contribution is -2.35. The second-order valence-corrected chi connectivity index (χ2v) is 4.00. The number of rotatable bonds is 5. The maximum absolute atomic E-state index is 10.9. The molecule has 102 valence electrons. The molecular formula is C13H16ClN3O2. The molecule has 0 amide bonds. The van der Waals surface area contributed by atoms with Crippen molar-refractivity contribution in [3.8, 4) is 5.69 Å². The summed E-state index contributed by atoms with van der Waals surface area (Å²) in [7, 11) is 1.65. The van der Waals surface area contributed by atoms with Crippen LogP contribution in [0.1, 0.15) is 5.56 Å². The number of hydrogen-bond acceptors (Lipinski definition) is 3. The Labute approximate surface area is 117 Å². The molecular weight excluding hydrogens is 266 g/mol. The van der Waals surface area contributed by atoms with E-state index in [1.54, 1.807) is 17.9 Å². The maximum Gasteiger partial charge on any atom is 0.321 e. The summed E-state index contributed by atoms with van der Waals surface area (Å²) in [6.07, 6.45) is 4.04. The molecule has 1 atom stereocenters. The number of halogens is 1. The van der Waals surface area contributed by atoms with Gasteiger partial charge in [-0.25, -0.2) is 4.68 Å². The number of likely N-dealkylation sites (N-methyl/N-ethyl adjacent to an activating group) is 1. The van der Waals surface area contributed by atoms with E-state index in [0.717, 1.165) is 11.3 Å². The van der Waals surface area contributed by atoms with Crippen LogP contribution in [0.5, 0.6) is 0 Å². The molecule has 5 nitrogen and oxygen atoms in total. The van der Waals surface area contributed by atoms with E-state index in [9.17, 15) is 4.79 Å². The minimum atomic E-state index is -0.839. The van der Waals surface area contributed by atoms with E-state index in [1.165, 1.54) is 0 Å².